The third-order valence-corrected chi connectivity index (χ3v) is 7.25. The van der Waals surface area contributed by atoms with Crippen LogP contribution in [0.1, 0.15) is 24.5 Å². The summed E-state index contributed by atoms with van der Waals surface area (Å²) in [6, 6.07) is 31.1. The summed E-state index contributed by atoms with van der Waals surface area (Å²) in [7, 11) is 0. The largest absolute Gasteiger partial charge is 0.466 e. The molecule has 210 valence electrons. The second kappa shape index (κ2) is 14.7. The van der Waals surface area contributed by atoms with Crippen LogP contribution in [0.15, 0.2) is 113 Å². The number of nitro benzene ring substituents is 1. The van der Waals surface area contributed by atoms with E-state index in [1.54, 1.807) is 35.7 Å². The molecule has 0 spiro atoms. The standard InChI is InChI=1S/C32H31N3O5S/c1-2-40-31(36)23-25-14-18-27(19-15-25)41-28-20-16-26(17-21-28)34(22-8-11-24-9-4-3-5-10-24)32(37)33-29-12-6-7-13-30(29)35(38)39/h3-7,9-10,12-21H,2,8,11,22-23H2,1H3,(H,33,37). The van der Waals surface area contributed by atoms with E-state index in [0.717, 1.165) is 21.8 Å². The molecule has 9 heteroatoms. The normalized spacial score (nSPS) is 10.6. The summed E-state index contributed by atoms with van der Waals surface area (Å²) in [5, 5.41) is 14.2. The average molecular weight is 570 g/mol. The summed E-state index contributed by atoms with van der Waals surface area (Å²) in [5.74, 6) is -0.247. The number of aryl methyl sites for hydroxylation is 1. The fraction of sp³-hybridized carbons (Fsp3) is 0.188. The lowest BCUT2D eigenvalue weighted by Gasteiger charge is -2.23. The first-order valence-electron chi connectivity index (χ1n) is 13.3. The molecule has 0 unspecified atom stereocenters. The topological polar surface area (TPSA) is 102 Å². The Hall–Kier alpha value is -4.63. The minimum absolute atomic E-state index is 0.147. The van der Waals surface area contributed by atoms with Crippen molar-refractivity contribution in [1.29, 1.82) is 0 Å². The van der Waals surface area contributed by atoms with Gasteiger partial charge < -0.3 is 10.1 Å². The lowest BCUT2D eigenvalue weighted by molar-refractivity contribution is -0.383. The number of nitrogens with zero attached hydrogens (tertiary/aromatic N) is 2. The third-order valence-electron chi connectivity index (χ3n) is 6.24. The Kier molecular flexibility index (Phi) is 10.5. The quantitative estimate of drug-likeness (QED) is 0.108. The van der Waals surface area contributed by atoms with E-state index in [1.807, 2.05) is 78.9 Å². The number of carbonyl (C=O) groups is 2. The molecule has 2 amide bonds. The Bertz CT molecular complexity index is 1460. The molecular formula is C32H31N3O5S. The lowest BCUT2D eigenvalue weighted by Crippen LogP contribution is -2.36. The molecule has 0 heterocycles. The Morgan fingerprint density at radius 3 is 2.15 bits per heavy atom. The van der Waals surface area contributed by atoms with Gasteiger partial charge in [0.15, 0.2) is 0 Å². The Labute approximate surface area is 243 Å². The first-order chi connectivity index (χ1) is 19.9. The minimum Gasteiger partial charge on any atom is -0.466 e. The Morgan fingerprint density at radius 1 is 0.854 bits per heavy atom. The summed E-state index contributed by atoms with van der Waals surface area (Å²) in [5.41, 5.74) is 2.73. The van der Waals surface area contributed by atoms with Crippen LogP contribution < -0.4 is 10.2 Å². The second-order valence-electron chi connectivity index (χ2n) is 9.17. The van der Waals surface area contributed by atoms with Crippen LogP contribution in [-0.4, -0.2) is 30.1 Å². The summed E-state index contributed by atoms with van der Waals surface area (Å²) >= 11 is 1.57. The van der Waals surface area contributed by atoms with Crippen molar-refractivity contribution in [1.82, 2.24) is 0 Å². The van der Waals surface area contributed by atoms with Gasteiger partial charge in [-0.3, -0.25) is 19.8 Å². The van der Waals surface area contributed by atoms with E-state index in [0.29, 0.717) is 25.3 Å². The van der Waals surface area contributed by atoms with Gasteiger partial charge in [-0.2, -0.15) is 0 Å². The summed E-state index contributed by atoms with van der Waals surface area (Å²) in [4.78, 5) is 39.7. The van der Waals surface area contributed by atoms with Gasteiger partial charge in [0.25, 0.3) is 5.69 Å². The fourth-order valence-electron chi connectivity index (χ4n) is 4.24. The molecule has 1 N–H and O–H groups in total. The number of nitro groups is 1. The third kappa shape index (κ3) is 8.68. The number of amides is 2. The number of benzene rings is 4. The maximum Gasteiger partial charge on any atom is 0.326 e. The van der Waals surface area contributed by atoms with Gasteiger partial charge in [-0.1, -0.05) is 66.4 Å². The van der Waals surface area contributed by atoms with E-state index >= 15 is 0 Å². The van der Waals surface area contributed by atoms with Gasteiger partial charge in [0.2, 0.25) is 0 Å². The number of hydrogen-bond donors (Lipinski definition) is 1. The van der Waals surface area contributed by atoms with Crippen LogP contribution in [0.5, 0.6) is 0 Å². The highest BCUT2D eigenvalue weighted by Crippen LogP contribution is 2.30. The van der Waals surface area contributed by atoms with Crippen molar-refractivity contribution >= 4 is 40.8 Å². The van der Waals surface area contributed by atoms with Gasteiger partial charge in [0.05, 0.1) is 18.0 Å². The van der Waals surface area contributed by atoms with Gasteiger partial charge >= 0.3 is 12.0 Å². The number of nitrogens with one attached hydrogen (secondary N) is 1. The van der Waals surface area contributed by atoms with Crippen LogP contribution in [0.4, 0.5) is 21.9 Å². The molecule has 0 saturated heterocycles. The highest BCUT2D eigenvalue weighted by Gasteiger charge is 2.20. The van der Waals surface area contributed by atoms with Crippen molar-refractivity contribution in [3.63, 3.8) is 0 Å². The predicted molar refractivity (Wildman–Crippen MR) is 162 cm³/mol. The van der Waals surface area contributed by atoms with E-state index in [2.05, 4.69) is 5.32 Å². The molecule has 0 aliphatic heterocycles. The number of urea groups is 1. The number of ether oxygens (including phenoxy) is 1. The smallest absolute Gasteiger partial charge is 0.326 e. The second-order valence-corrected chi connectivity index (χ2v) is 10.3. The van der Waals surface area contributed by atoms with Crippen molar-refractivity contribution < 1.29 is 19.2 Å². The van der Waals surface area contributed by atoms with Crippen molar-refractivity contribution in [2.24, 2.45) is 0 Å². The monoisotopic (exact) mass is 569 g/mol. The van der Waals surface area contributed by atoms with Crippen molar-refractivity contribution in [3.05, 3.63) is 124 Å². The molecule has 0 radical (unpaired) electrons. The molecule has 4 aromatic carbocycles. The SMILES string of the molecule is CCOC(=O)Cc1ccc(Sc2ccc(N(CCCc3ccccc3)C(=O)Nc3ccccc3[N+](=O)[O-])cc2)cc1. The van der Waals surface area contributed by atoms with E-state index in [-0.39, 0.29) is 23.8 Å². The number of rotatable bonds is 12. The molecular weight excluding hydrogens is 538 g/mol. The molecule has 8 nitrogen and oxygen atoms in total. The summed E-state index contributed by atoms with van der Waals surface area (Å²) in [6.07, 6.45) is 1.74. The highest BCUT2D eigenvalue weighted by atomic mass is 32.2. The predicted octanol–water partition coefficient (Wildman–Crippen LogP) is 7.52. The van der Waals surface area contributed by atoms with E-state index < -0.39 is 11.0 Å². The van der Waals surface area contributed by atoms with Crippen LogP contribution in [0.25, 0.3) is 0 Å². The van der Waals surface area contributed by atoms with E-state index in [9.17, 15) is 19.7 Å². The highest BCUT2D eigenvalue weighted by molar-refractivity contribution is 7.99. The van der Waals surface area contributed by atoms with Crippen LogP contribution >= 0.6 is 11.8 Å². The zero-order chi connectivity index (χ0) is 29.0. The first-order valence-corrected chi connectivity index (χ1v) is 14.1. The fourth-order valence-corrected chi connectivity index (χ4v) is 5.06. The Morgan fingerprint density at radius 2 is 1.49 bits per heavy atom. The molecule has 0 aliphatic rings. The molecule has 0 atom stereocenters. The number of anilines is 2. The molecule has 0 bridgehead atoms. The van der Waals surface area contributed by atoms with E-state index in [4.69, 9.17) is 4.74 Å². The van der Waals surface area contributed by atoms with Crippen LogP contribution in [0.2, 0.25) is 0 Å². The molecule has 41 heavy (non-hydrogen) atoms. The van der Waals surface area contributed by atoms with Crippen molar-refractivity contribution in [3.8, 4) is 0 Å². The number of carbonyl (C=O) groups excluding carboxylic acids is 2. The van der Waals surface area contributed by atoms with Gasteiger partial charge in [-0.25, -0.2) is 4.79 Å². The van der Waals surface area contributed by atoms with Gasteiger partial charge in [0, 0.05) is 28.1 Å². The van der Waals surface area contributed by atoms with Gasteiger partial charge in [0.1, 0.15) is 5.69 Å². The molecule has 4 aromatic rings. The number of para-hydroxylation sites is 2. The maximum atomic E-state index is 13.4. The lowest BCUT2D eigenvalue weighted by atomic mass is 10.1. The molecule has 0 saturated carbocycles. The maximum absolute atomic E-state index is 13.4. The van der Waals surface area contributed by atoms with Gasteiger partial charge in [-0.15, -0.1) is 0 Å². The van der Waals surface area contributed by atoms with Crippen LogP contribution in [0.3, 0.4) is 0 Å². The molecule has 4 rings (SSSR count). The molecule has 0 aliphatic carbocycles. The summed E-state index contributed by atoms with van der Waals surface area (Å²) in [6.45, 7) is 2.57. The van der Waals surface area contributed by atoms with Crippen LogP contribution in [-0.2, 0) is 22.4 Å². The van der Waals surface area contributed by atoms with Crippen molar-refractivity contribution in [2.75, 3.05) is 23.4 Å². The molecule has 0 aromatic heterocycles. The Balaban J connectivity index is 1.47. The van der Waals surface area contributed by atoms with E-state index in [1.165, 1.54) is 17.7 Å². The van der Waals surface area contributed by atoms with Crippen LogP contribution in [0, 0.1) is 10.1 Å². The minimum atomic E-state index is -0.509. The zero-order valence-corrected chi connectivity index (χ0v) is 23.5. The van der Waals surface area contributed by atoms with Crippen molar-refractivity contribution in [2.45, 2.75) is 36.0 Å². The zero-order valence-electron chi connectivity index (χ0n) is 22.7. The molecule has 0 fully saturated rings. The first kappa shape index (κ1) is 29.4. The number of esters is 1. The summed E-state index contributed by atoms with van der Waals surface area (Å²) < 4.78 is 5.01. The average Bonchev–Trinajstić information content (AvgIpc) is 2.98. The van der Waals surface area contributed by atoms with Gasteiger partial charge in [-0.05, 0) is 73.4 Å². The number of hydrogen-bond acceptors (Lipinski definition) is 6.